The van der Waals surface area contributed by atoms with Crippen molar-refractivity contribution in [2.24, 2.45) is 0 Å². The van der Waals surface area contributed by atoms with Gasteiger partial charge in [0.2, 0.25) is 10.0 Å². The first-order valence-electron chi connectivity index (χ1n) is 7.34. The van der Waals surface area contributed by atoms with Crippen LogP contribution in [0.2, 0.25) is 0 Å². The quantitative estimate of drug-likeness (QED) is 0.885. The number of likely N-dealkylation sites (tertiary alicyclic amines) is 1. The summed E-state index contributed by atoms with van der Waals surface area (Å²) in [5.41, 5.74) is 1.16. The van der Waals surface area contributed by atoms with Crippen LogP contribution in [0.25, 0.3) is 0 Å². The Balaban J connectivity index is 1.97. The molecule has 1 saturated heterocycles. The molecule has 1 fully saturated rings. The fourth-order valence-electron chi connectivity index (χ4n) is 2.62. The molecule has 0 aliphatic carbocycles. The lowest BCUT2D eigenvalue weighted by Gasteiger charge is -2.31. The molecule has 2 rings (SSSR count). The van der Waals surface area contributed by atoms with Gasteiger partial charge in [0.25, 0.3) is 0 Å². The SMILES string of the molecule is CNC1CCN(Cc2ccc(S(=O)(=O)N(C)C)cc2)CC1. The summed E-state index contributed by atoms with van der Waals surface area (Å²) < 4.78 is 25.3. The lowest BCUT2D eigenvalue weighted by atomic mass is 10.0. The van der Waals surface area contributed by atoms with E-state index in [2.05, 4.69) is 10.2 Å². The van der Waals surface area contributed by atoms with Gasteiger partial charge in [0.1, 0.15) is 0 Å². The second-order valence-electron chi connectivity index (χ2n) is 5.77. The van der Waals surface area contributed by atoms with E-state index in [-0.39, 0.29) is 0 Å². The van der Waals surface area contributed by atoms with Gasteiger partial charge in [0.05, 0.1) is 4.90 Å². The third-order valence-electron chi connectivity index (χ3n) is 4.10. The van der Waals surface area contributed by atoms with Crippen molar-refractivity contribution in [3.05, 3.63) is 29.8 Å². The van der Waals surface area contributed by atoms with Crippen LogP contribution in [-0.2, 0) is 16.6 Å². The molecule has 0 bridgehead atoms. The second kappa shape index (κ2) is 6.87. The van der Waals surface area contributed by atoms with Gasteiger partial charge in [-0.2, -0.15) is 0 Å². The molecule has 0 spiro atoms. The molecule has 0 radical (unpaired) electrons. The van der Waals surface area contributed by atoms with Gasteiger partial charge in [-0.05, 0) is 50.7 Å². The molecule has 1 aliphatic rings. The van der Waals surface area contributed by atoms with E-state index in [4.69, 9.17) is 0 Å². The normalized spacial score (nSPS) is 18.3. The van der Waals surface area contributed by atoms with Gasteiger partial charge in [0, 0.05) is 26.7 Å². The number of piperidine rings is 1. The zero-order valence-electron chi connectivity index (χ0n) is 13.0. The van der Waals surface area contributed by atoms with Crippen LogP contribution >= 0.6 is 0 Å². The van der Waals surface area contributed by atoms with Crippen molar-refractivity contribution in [2.75, 3.05) is 34.2 Å². The first-order chi connectivity index (χ1) is 9.93. The number of nitrogens with zero attached hydrogens (tertiary/aromatic N) is 2. The molecule has 1 N–H and O–H groups in total. The minimum Gasteiger partial charge on any atom is -0.317 e. The molecule has 21 heavy (non-hydrogen) atoms. The molecule has 118 valence electrons. The Morgan fingerprint density at radius 1 is 1.19 bits per heavy atom. The van der Waals surface area contributed by atoms with Gasteiger partial charge in [-0.1, -0.05) is 12.1 Å². The Morgan fingerprint density at radius 3 is 2.24 bits per heavy atom. The Labute approximate surface area is 128 Å². The molecular weight excluding hydrogens is 286 g/mol. The van der Waals surface area contributed by atoms with E-state index >= 15 is 0 Å². The minimum absolute atomic E-state index is 0.352. The van der Waals surface area contributed by atoms with Crippen LogP contribution in [0, 0.1) is 0 Å². The van der Waals surface area contributed by atoms with Gasteiger partial charge >= 0.3 is 0 Å². The zero-order chi connectivity index (χ0) is 15.5. The fourth-order valence-corrected chi connectivity index (χ4v) is 3.52. The molecule has 0 unspecified atom stereocenters. The maximum Gasteiger partial charge on any atom is 0.242 e. The number of benzene rings is 1. The average molecular weight is 311 g/mol. The third-order valence-corrected chi connectivity index (χ3v) is 5.93. The van der Waals surface area contributed by atoms with Crippen molar-refractivity contribution < 1.29 is 8.42 Å². The van der Waals surface area contributed by atoms with Crippen molar-refractivity contribution in [2.45, 2.75) is 30.3 Å². The van der Waals surface area contributed by atoms with Crippen molar-refractivity contribution in [1.29, 1.82) is 0 Å². The highest BCUT2D eigenvalue weighted by Crippen LogP contribution is 2.17. The predicted octanol–water partition coefficient (Wildman–Crippen LogP) is 1.12. The molecule has 1 aromatic rings. The van der Waals surface area contributed by atoms with E-state index < -0.39 is 10.0 Å². The molecule has 1 aliphatic heterocycles. The van der Waals surface area contributed by atoms with Gasteiger partial charge in [-0.3, -0.25) is 4.90 Å². The van der Waals surface area contributed by atoms with E-state index in [1.54, 1.807) is 26.2 Å². The molecule has 0 aromatic heterocycles. The topological polar surface area (TPSA) is 52.7 Å². The molecule has 1 aromatic carbocycles. The Morgan fingerprint density at radius 2 is 1.76 bits per heavy atom. The van der Waals surface area contributed by atoms with Crippen LogP contribution in [0.4, 0.5) is 0 Å². The van der Waals surface area contributed by atoms with Crippen LogP contribution in [0.5, 0.6) is 0 Å². The maximum atomic E-state index is 12.0. The number of rotatable bonds is 5. The largest absolute Gasteiger partial charge is 0.317 e. The number of hydrogen-bond donors (Lipinski definition) is 1. The van der Waals surface area contributed by atoms with Gasteiger partial charge < -0.3 is 5.32 Å². The molecule has 0 saturated carbocycles. The Kier molecular flexibility index (Phi) is 5.37. The monoisotopic (exact) mass is 311 g/mol. The summed E-state index contributed by atoms with van der Waals surface area (Å²) in [6, 6.07) is 7.87. The van der Waals surface area contributed by atoms with Crippen LogP contribution in [0.3, 0.4) is 0 Å². The predicted molar refractivity (Wildman–Crippen MR) is 84.7 cm³/mol. The summed E-state index contributed by atoms with van der Waals surface area (Å²) >= 11 is 0. The lowest BCUT2D eigenvalue weighted by molar-refractivity contribution is 0.194. The van der Waals surface area contributed by atoms with Crippen molar-refractivity contribution in [3.8, 4) is 0 Å². The first-order valence-corrected chi connectivity index (χ1v) is 8.78. The Hall–Kier alpha value is -0.950. The van der Waals surface area contributed by atoms with Crippen LogP contribution < -0.4 is 5.32 Å². The number of hydrogen-bond acceptors (Lipinski definition) is 4. The summed E-state index contributed by atoms with van der Waals surface area (Å²) in [4.78, 5) is 2.77. The summed E-state index contributed by atoms with van der Waals surface area (Å²) in [6.45, 7) is 3.06. The van der Waals surface area contributed by atoms with E-state index in [0.29, 0.717) is 10.9 Å². The molecule has 1 heterocycles. The maximum absolute atomic E-state index is 12.0. The molecular formula is C15H25N3O2S. The standard InChI is InChI=1S/C15H25N3O2S/c1-16-14-8-10-18(11-9-14)12-13-4-6-15(7-5-13)21(19,20)17(2)3/h4-7,14,16H,8-12H2,1-3H3. The smallest absolute Gasteiger partial charge is 0.242 e. The fraction of sp³-hybridized carbons (Fsp3) is 0.600. The highest BCUT2D eigenvalue weighted by molar-refractivity contribution is 7.89. The minimum atomic E-state index is -3.33. The highest BCUT2D eigenvalue weighted by atomic mass is 32.2. The molecule has 6 heteroatoms. The van der Waals surface area contributed by atoms with E-state index in [1.165, 1.54) is 17.1 Å². The van der Waals surface area contributed by atoms with E-state index in [0.717, 1.165) is 25.2 Å². The molecule has 0 amide bonds. The molecule has 0 atom stereocenters. The van der Waals surface area contributed by atoms with Crippen molar-refractivity contribution in [1.82, 2.24) is 14.5 Å². The molecule has 5 nitrogen and oxygen atoms in total. The summed E-state index contributed by atoms with van der Waals surface area (Å²) in [6.07, 6.45) is 2.34. The second-order valence-corrected chi connectivity index (χ2v) is 7.92. The summed E-state index contributed by atoms with van der Waals surface area (Å²) in [5.74, 6) is 0. The van der Waals surface area contributed by atoms with Crippen LogP contribution in [-0.4, -0.2) is 57.9 Å². The average Bonchev–Trinajstić information content (AvgIpc) is 2.48. The van der Waals surface area contributed by atoms with E-state index in [9.17, 15) is 8.42 Å². The number of sulfonamides is 1. The number of nitrogens with one attached hydrogen (secondary N) is 1. The summed E-state index contributed by atoms with van der Waals surface area (Å²) in [5, 5.41) is 3.32. The summed E-state index contributed by atoms with van der Waals surface area (Å²) in [7, 11) is 1.79. The van der Waals surface area contributed by atoms with E-state index in [1.807, 2.05) is 19.2 Å². The van der Waals surface area contributed by atoms with Crippen molar-refractivity contribution in [3.63, 3.8) is 0 Å². The Bertz CT molecular complexity index is 547. The van der Waals surface area contributed by atoms with Crippen LogP contribution in [0.15, 0.2) is 29.2 Å². The van der Waals surface area contributed by atoms with Gasteiger partial charge in [-0.25, -0.2) is 12.7 Å². The van der Waals surface area contributed by atoms with Gasteiger partial charge in [-0.15, -0.1) is 0 Å². The third kappa shape index (κ3) is 4.03. The zero-order valence-corrected chi connectivity index (χ0v) is 13.9. The van der Waals surface area contributed by atoms with Gasteiger partial charge in [0.15, 0.2) is 0 Å². The lowest BCUT2D eigenvalue weighted by Crippen LogP contribution is -2.40. The highest BCUT2D eigenvalue weighted by Gasteiger charge is 2.19. The van der Waals surface area contributed by atoms with Crippen molar-refractivity contribution >= 4 is 10.0 Å². The van der Waals surface area contributed by atoms with Crippen LogP contribution in [0.1, 0.15) is 18.4 Å². The first kappa shape index (κ1) is 16.4.